The minimum Gasteiger partial charge on any atom is -0.358 e. The fraction of sp³-hybridized carbons (Fsp3) is 0.375. The first kappa shape index (κ1) is 17.8. The van der Waals surface area contributed by atoms with E-state index in [1.54, 1.807) is 0 Å². The first-order valence-corrected chi connectivity index (χ1v) is 10.1. The Balaban J connectivity index is 1.98. The van der Waals surface area contributed by atoms with Crippen molar-refractivity contribution in [2.75, 3.05) is 5.32 Å². The molecule has 0 bridgehead atoms. The molecule has 2 aromatic carbocycles. The van der Waals surface area contributed by atoms with Crippen molar-refractivity contribution in [3.05, 3.63) is 64.8 Å². The SMILES string of the molecule is CCC(C)c1ccc2[nH]c(C(C)CC)c(C3C(=O)Nc4ccccc43)c2c1. The molecule has 1 aliphatic heterocycles. The number of hydrogen-bond acceptors (Lipinski definition) is 1. The number of amides is 1. The van der Waals surface area contributed by atoms with Crippen LogP contribution in [0.15, 0.2) is 42.5 Å². The summed E-state index contributed by atoms with van der Waals surface area (Å²) in [5, 5.41) is 4.27. The summed E-state index contributed by atoms with van der Waals surface area (Å²) in [6.07, 6.45) is 2.14. The van der Waals surface area contributed by atoms with Gasteiger partial charge in [0.05, 0.1) is 5.92 Å². The highest BCUT2D eigenvalue weighted by molar-refractivity contribution is 6.07. The molecule has 27 heavy (non-hydrogen) atoms. The Morgan fingerprint density at radius 1 is 1.00 bits per heavy atom. The van der Waals surface area contributed by atoms with Crippen molar-refractivity contribution in [2.45, 2.75) is 58.3 Å². The highest BCUT2D eigenvalue weighted by atomic mass is 16.2. The van der Waals surface area contributed by atoms with E-state index in [2.05, 4.69) is 62.3 Å². The molecule has 3 atom stereocenters. The fourth-order valence-electron chi connectivity index (χ4n) is 4.19. The number of nitrogens with one attached hydrogen (secondary N) is 2. The topological polar surface area (TPSA) is 44.9 Å². The Bertz CT molecular complexity index is 1000. The lowest BCUT2D eigenvalue weighted by molar-refractivity contribution is -0.116. The average Bonchev–Trinajstić information content (AvgIpc) is 3.22. The predicted octanol–water partition coefficient (Wildman–Crippen LogP) is 6.28. The van der Waals surface area contributed by atoms with Crippen LogP contribution in [0, 0.1) is 0 Å². The van der Waals surface area contributed by atoms with Gasteiger partial charge >= 0.3 is 0 Å². The number of benzene rings is 2. The first-order valence-electron chi connectivity index (χ1n) is 10.1. The molecule has 2 N–H and O–H groups in total. The van der Waals surface area contributed by atoms with E-state index >= 15 is 0 Å². The number of hydrogen-bond donors (Lipinski definition) is 2. The minimum atomic E-state index is -0.244. The molecule has 0 saturated heterocycles. The summed E-state index contributed by atoms with van der Waals surface area (Å²) in [7, 11) is 0. The largest absolute Gasteiger partial charge is 0.358 e. The van der Waals surface area contributed by atoms with Crippen LogP contribution in [-0.4, -0.2) is 10.9 Å². The number of carbonyl (C=O) groups is 1. The van der Waals surface area contributed by atoms with Gasteiger partial charge in [-0.15, -0.1) is 0 Å². The number of rotatable bonds is 5. The molecule has 0 saturated carbocycles. The zero-order valence-corrected chi connectivity index (χ0v) is 16.6. The standard InChI is InChI=1S/C24H28N2O/c1-5-14(3)16-11-12-20-18(13-16)21(23(25-20)15(4)6-2)22-17-9-7-8-10-19(17)26-24(22)27/h7-15,22,25H,5-6H2,1-4H3,(H,26,27). The van der Waals surface area contributed by atoms with Crippen LogP contribution in [0.2, 0.25) is 0 Å². The van der Waals surface area contributed by atoms with E-state index in [0.29, 0.717) is 11.8 Å². The van der Waals surface area contributed by atoms with Gasteiger partial charge in [0.2, 0.25) is 5.91 Å². The van der Waals surface area contributed by atoms with Gasteiger partial charge in [-0.05, 0) is 59.6 Å². The van der Waals surface area contributed by atoms with E-state index in [0.717, 1.165) is 35.2 Å². The van der Waals surface area contributed by atoms with Crippen LogP contribution in [0.4, 0.5) is 5.69 Å². The van der Waals surface area contributed by atoms with Gasteiger partial charge in [0.1, 0.15) is 0 Å². The summed E-state index contributed by atoms with van der Waals surface area (Å²) in [6.45, 7) is 8.93. The molecule has 1 aliphatic rings. The average molecular weight is 361 g/mol. The van der Waals surface area contributed by atoms with Crippen molar-refractivity contribution < 1.29 is 4.79 Å². The van der Waals surface area contributed by atoms with Gasteiger partial charge in [-0.2, -0.15) is 0 Å². The molecule has 0 fully saturated rings. The molecule has 4 rings (SSSR count). The maximum Gasteiger partial charge on any atom is 0.236 e. The third kappa shape index (κ3) is 2.86. The van der Waals surface area contributed by atoms with E-state index < -0.39 is 0 Å². The van der Waals surface area contributed by atoms with Crippen LogP contribution >= 0.6 is 0 Å². The van der Waals surface area contributed by atoms with E-state index in [1.165, 1.54) is 16.6 Å². The Morgan fingerprint density at radius 2 is 1.74 bits per heavy atom. The second kappa shape index (κ2) is 6.88. The number of anilines is 1. The van der Waals surface area contributed by atoms with E-state index in [1.807, 2.05) is 18.2 Å². The van der Waals surface area contributed by atoms with Gasteiger partial charge in [0, 0.05) is 22.3 Å². The van der Waals surface area contributed by atoms with Gasteiger partial charge in [-0.25, -0.2) is 0 Å². The number of fused-ring (bicyclic) bond motifs is 2. The van der Waals surface area contributed by atoms with Crippen molar-refractivity contribution in [3.8, 4) is 0 Å². The van der Waals surface area contributed by atoms with Crippen molar-refractivity contribution in [2.24, 2.45) is 0 Å². The van der Waals surface area contributed by atoms with Crippen molar-refractivity contribution in [3.63, 3.8) is 0 Å². The highest BCUT2D eigenvalue weighted by Crippen LogP contribution is 2.44. The van der Waals surface area contributed by atoms with Gasteiger partial charge in [-0.3, -0.25) is 4.79 Å². The van der Waals surface area contributed by atoms with E-state index in [-0.39, 0.29) is 11.8 Å². The maximum absolute atomic E-state index is 13.0. The number of aromatic nitrogens is 1. The van der Waals surface area contributed by atoms with Crippen molar-refractivity contribution >= 4 is 22.5 Å². The van der Waals surface area contributed by atoms with Crippen molar-refractivity contribution in [1.29, 1.82) is 0 Å². The summed E-state index contributed by atoms with van der Waals surface area (Å²) in [5.41, 5.74) is 6.85. The predicted molar refractivity (Wildman–Crippen MR) is 113 cm³/mol. The Labute approximate surface area is 161 Å². The second-order valence-corrected chi connectivity index (χ2v) is 7.89. The number of H-pyrrole nitrogens is 1. The van der Waals surface area contributed by atoms with Crippen LogP contribution in [0.3, 0.4) is 0 Å². The molecule has 0 spiro atoms. The summed E-state index contributed by atoms with van der Waals surface area (Å²) in [4.78, 5) is 16.6. The molecule has 3 aromatic rings. The van der Waals surface area contributed by atoms with Crippen LogP contribution < -0.4 is 5.32 Å². The van der Waals surface area contributed by atoms with Gasteiger partial charge in [-0.1, -0.05) is 52.0 Å². The second-order valence-electron chi connectivity index (χ2n) is 7.89. The molecule has 3 nitrogen and oxygen atoms in total. The van der Waals surface area contributed by atoms with Gasteiger partial charge in [0.15, 0.2) is 0 Å². The van der Waals surface area contributed by atoms with Crippen LogP contribution in [0.25, 0.3) is 10.9 Å². The molecule has 3 heteroatoms. The number of para-hydroxylation sites is 1. The molecule has 0 aliphatic carbocycles. The van der Waals surface area contributed by atoms with Crippen LogP contribution in [-0.2, 0) is 4.79 Å². The third-order valence-electron chi connectivity index (χ3n) is 6.26. The van der Waals surface area contributed by atoms with Crippen LogP contribution in [0.5, 0.6) is 0 Å². The minimum absolute atomic E-state index is 0.0793. The number of aromatic amines is 1. The Kier molecular flexibility index (Phi) is 4.55. The van der Waals surface area contributed by atoms with Crippen molar-refractivity contribution in [1.82, 2.24) is 4.98 Å². The maximum atomic E-state index is 13.0. The molecular formula is C24H28N2O. The molecule has 1 amide bonds. The lowest BCUT2D eigenvalue weighted by Crippen LogP contribution is -2.15. The quantitative estimate of drug-likeness (QED) is 0.552. The molecule has 2 heterocycles. The lowest BCUT2D eigenvalue weighted by atomic mass is 9.86. The summed E-state index contributed by atoms with van der Waals surface area (Å²) >= 11 is 0. The van der Waals surface area contributed by atoms with Crippen LogP contribution in [0.1, 0.15) is 80.7 Å². The molecule has 1 aromatic heterocycles. The van der Waals surface area contributed by atoms with Gasteiger partial charge in [0.25, 0.3) is 0 Å². The molecular weight excluding hydrogens is 332 g/mol. The zero-order chi connectivity index (χ0) is 19.1. The fourth-order valence-corrected chi connectivity index (χ4v) is 4.19. The van der Waals surface area contributed by atoms with E-state index in [9.17, 15) is 4.79 Å². The molecule has 140 valence electrons. The third-order valence-corrected chi connectivity index (χ3v) is 6.26. The molecule has 0 radical (unpaired) electrons. The zero-order valence-electron chi connectivity index (χ0n) is 16.6. The monoisotopic (exact) mass is 360 g/mol. The number of carbonyl (C=O) groups excluding carboxylic acids is 1. The first-order chi connectivity index (χ1) is 13.0. The summed E-state index contributed by atoms with van der Waals surface area (Å²) in [6, 6.07) is 14.8. The lowest BCUT2D eigenvalue weighted by Gasteiger charge is -2.16. The highest BCUT2D eigenvalue weighted by Gasteiger charge is 2.36. The Hall–Kier alpha value is -2.55. The smallest absolute Gasteiger partial charge is 0.236 e. The van der Waals surface area contributed by atoms with E-state index in [4.69, 9.17) is 0 Å². The summed E-state index contributed by atoms with van der Waals surface area (Å²) < 4.78 is 0. The van der Waals surface area contributed by atoms with Gasteiger partial charge < -0.3 is 10.3 Å². The normalized spacial score (nSPS) is 18.4. The summed E-state index contributed by atoms with van der Waals surface area (Å²) in [5.74, 6) is 0.718. The Morgan fingerprint density at radius 3 is 2.48 bits per heavy atom. The molecule has 3 unspecified atom stereocenters.